The smallest absolute Gasteiger partial charge is 0.274 e. The van der Waals surface area contributed by atoms with Crippen LogP contribution in [0.3, 0.4) is 0 Å². The first kappa shape index (κ1) is 15.6. The van der Waals surface area contributed by atoms with E-state index >= 15 is 0 Å². The number of fused-ring (bicyclic) bond motifs is 1. The summed E-state index contributed by atoms with van der Waals surface area (Å²) in [5.41, 5.74) is 1.84. The minimum atomic E-state index is -0.0873. The van der Waals surface area contributed by atoms with Crippen LogP contribution in [0, 0.1) is 5.92 Å². The van der Waals surface area contributed by atoms with Gasteiger partial charge in [-0.15, -0.1) is 22.7 Å². The number of amides is 1. The predicted octanol–water partition coefficient (Wildman–Crippen LogP) is 4.43. The Morgan fingerprint density at radius 2 is 2.33 bits per heavy atom. The molecule has 124 valence electrons. The Hall–Kier alpha value is -1.92. The minimum Gasteiger partial charge on any atom is -0.338 e. The molecule has 1 atom stereocenters. The molecule has 0 bridgehead atoms. The van der Waals surface area contributed by atoms with Gasteiger partial charge in [0.15, 0.2) is 5.13 Å². The van der Waals surface area contributed by atoms with Gasteiger partial charge < -0.3 is 4.57 Å². The number of carbonyl (C=O) groups is 1. The van der Waals surface area contributed by atoms with Crippen LogP contribution in [0.25, 0.3) is 0 Å². The lowest BCUT2D eigenvalue weighted by Crippen LogP contribution is -2.17. The summed E-state index contributed by atoms with van der Waals surface area (Å²) in [5.74, 6) is 0.625. The van der Waals surface area contributed by atoms with E-state index in [0.717, 1.165) is 24.5 Å². The van der Waals surface area contributed by atoms with Crippen molar-refractivity contribution in [2.45, 2.75) is 32.7 Å². The Morgan fingerprint density at radius 1 is 1.42 bits per heavy atom. The van der Waals surface area contributed by atoms with Crippen LogP contribution in [-0.2, 0) is 19.4 Å². The van der Waals surface area contributed by atoms with Gasteiger partial charge in [-0.2, -0.15) is 0 Å². The van der Waals surface area contributed by atoms with E-state index in [1.54, 1.807) is 22.7 Å². The topological polar surface area (TPSA) is 46.9 Å². The summed E-state index contributed by atoms with van der Waals surface area (Å²) in [4.78, 5) is 19.8. The molecule has 6 heteroatoms. The van der Waals surface area contributed by atoms with Crippen LogP contribution in [0.1, 0.15) is 39.3 Å². The quantitative estimate of drug-likeness (QED) is 0.751. The van der Waals surface area contributed by atoms with Crippen LogP contribution in [0.15, 0.2) is 35.8 Å². The Labute approximate surface area is 149 Å². The van der Waals surface area contributed by atoms with E-state index in [0.29, 0.717) is 11.6 Å². The number of nitrogens with one attached hydrogen (secondary N) is 1. The molecule has 0 radical (unpaired) electrons. The third-order valence-electron chi connectivity index (χ3n) is 4.37. The van der Waals surface area contributed by atoms with Gasteiger partial charge >= 0.3 is 0 Å². The van der Waals surface area contributed by atoms with Crippen LogP contribution in [0.5, 0.6) is 0 Å². The Kier molecular flexibility index (Phi) is 4.24. The maximum absolute atomic E-state index is 12.6. The second kappa shape index (κ2) is 6.53. The van der Waals surface area contributed by atoms with Gasteiger partial charge in [-0.05, 0) is 48.8 Å². The Morgan fingerprint density at radius 3 is 3.17 bits per heavy atom. The second-order valence-corrected chi connectivity index (χ2v) is 8.41. The monoisotopic (exact) mass is 357 g/mol. The van der Waals surface area contributed by atoms with E-state index in [1.807, 2.05) is 29.0 Å². The van der Waals surface area contributed by atoms with Crippen molar-refractivity contribution in [1.29, 1.82) is 0 Å². The number of aryl methyl sites for hydroxylation is 1. The molecular formula is C18H19N3OS2. The van der Waals surface area contributed by atoms with E-state index in [-0.39, 0.29) is 5.91 Å². The van der Waals surface area contributed by atoms with Crippen molar-refractivity contribution in [3.63, 3.8) is 0 Å². The maximum atomic E-state index is 12.6. The molecule has 4 rings (SSSR count). The molecule has 1 N–H and O–H groups in total. The number of thiophene rings is 1. The molecule has 1 aliphatic carbocycles. The molecule has 1 aliphatic rings. The molecule has 4 nitrogen and oxygen atoms in total. The average molecular weight is 358 g/mol. The normalized spacial score (nSPS) is 16.8. The first-order valence-electron chi connectivity index (χ1n) is 8.16. The lowest BCUT2D eigenvalue weighted by molar-refractivity contribution is 0.101. The van der Waals surface area contributed by atoms with Gasteiger partial charge in [0.05, 0.1) is 12.2 Å². The van der Waals surface area contributed by atoms with Crippen molar-refractivity contribution in [1.82, 2.24) is 9.55 Å². The number of rotatable bonds is 4. The van der Waals surface area contributed by atoms with Crippen molar-refractivity contribution in [2.75, 3.05) is 5.32 Å². The summed E-state index contributed by atoms with van der Waals surface area (Å²) in [6.45, 7) is 3.00. The molecule has 3 aromatic heterocycles. The highest BCUT2D eigenvalue weighted by Crippen LogP contribution is 2.32. The predicted molar refractivity (Wildman–Crippen MR) is 99.1 cm³/mol. The molecule has 0 spiro atoms. The zero-order chi connectivity index (χ0) is 16.5. The van der Waals surface area contributed by atoms with E-state index in [2.05, 4.69) is 28.7 Å². The Bertz CT molecular complexity index is 848. The van der Waals surface area contributed by atoms with Gasteiger partial charge in [-0.25, -0.2) is 4.98 Å². The number of thiazole rings is 1. The molecule has 0 saturated heterocycles. The first-order chi connectivity index (χ1) is 11.7. The molecule has 3 aromatic rings. The van der Waals surface area contributed by atoms with Crippen LogP contribution >= 0.6 is 22.7 Å². The van der Waals surface area contributed by atoms with Gasteiger partial charge in [-0.3, -0.25) is 10.1 Å². The number of hydrogen-bond donors (Lipinski definition) is 1. The zero-order valence-electron chi connectivity index (χ0n) is 13.5. The standard InChI is InChI=1S/C18H19N3OS2/c1-12-6-7-14-16(10-12)24-18(19-14)20-17(22)15-5-2-8-21(15)11-13-4-3-9-23-13/h2-5,8-9,12H,6-7,10-11H2,1H3,(H,19,20,22). The van der Waals surface area contributed by atoms with Gasteiger partial charge in [0.2, 0.25) is 0 Å². The van der Waals surface area contributed by atoms with E-state index in [9.17, 15) is 4.79 Å². The summed E-state index contributed by atoms with van der Waals surface area (Å²) in [6, 6.07) is 7.89. The van der Waals surface area contributed by atoms with Crippen molar-refractivity contribution in [3.8, 4) is 0 Å². The highest BCUT2D eigenvalue weighted by Gasteiger charge is 2.21. The number of carbonyl (C=O) groups excluding carboxylic acids is 1. The highest BCUT2D eigenvalue weighted by molar-refractivity contribution is 7.15. The number of anilines is 1. The highest BCUT2D eigenvalue weighted by atomic mass is 32.1. The van der Waals surface area contributed by atoms with E-state index in [1.165, 1.54) is 21.9 Å². The molecule has 1 amide bonds. The summed E-state index contributed by atoms with van der Waals surface area (Å²) >= 11 is 3.33. The molecule has 0 aliphatic heterocycles. The van der Waals surface area contributed by atoms with Crippen LogP contribution < -0.4 is 5.32 Å². The SMILES string of the molecule is CC1CCc2nc(NC(=O)c3cccn3Cc3cccs3)sc2C1. The van der Waals surface area contributed by atoms with E-state index < -0.39 is 0 Å². The number of nitrogens with zero attached hydrogens (tertiary/aromatic N) is 2. The number of hydrogen-bond acceptors (Lipinski definition) is 4. The minimum absolute atomic E-state index is 0.0873. The van der Waals surface area contributed by atoms with Gasteiger partial charge in [0.25, 0.3) is 5.91 Å². The van der Waals surface area contributed by atoms with E-state index in [4.69, 9.17) is 0 Å². The van der Waals surface area contributed by atoms with Gasteiger partial charge in [0, 0.05) is 16.0 Å². The molecule has 0 aromatic carbocycles. The van der Waals surface area contributed by atoms with Crippen molar-refractivity contribution in [2.24, 2.45) is 5.92 Å². The molecule has 24 heavy (non-hydrogen) atoms. The summed E-state index contributed by atoms with van der Waals surface area (Å²) < 4.78 is 1.98. The van der Waals surface area contributed by atoms with Crippen molar-refractivity contribution < 1.29 is 4.79 Å². The van der Waals surface area contributed by atoms with Crippen LogP contribution in [0.2, 0.25) is 0 Å². The molecule has 1 unspecified atom stereocenters. The lowest BCUT2D eigenvalue weighted by Gasteiger charge is -2.15. The zero-order valence-corrected chi connectivity index (χ0v) is 15.1. The number of aromatic nitrogens is 2. The molecular weight excluding hydrogens is 338 g/mol. The fourth-order valence-electron chi connectivity index (χ4n) is 3.08. The largest absolute Gasteiger partial charge is 0.338 e. The fourth-order valence-corrected chi connectivity index (χ4v) is 4.95. The Balaban J connectivity index is 1.50. The molecule has 0 saturated carbocycles. The summed E-state index contributed by atoms with van der Waals surface area (Å²) in [6.07, 6.45) is 5.24. The van der Waals surface area contributed by atoms with Crippen molar-refractivity contribution >= 4 is 33.7 Å². The van der Waals surface area contributed by atoms with Gasteiger partial charge in [-0.1, -0.05) is 13.0 Å². The maximum Gasteiger partial charge on any atom is 0.274 e. The van der Waals surface area contributed by atoms with Crippen molar-refractivity contribution in [3.05, 3.63) is 57.0 Å². The van der Waals surface area contributed by atoms with Crippen LogP contribution in [0.4, 0.5) is 5.13 Å². The molecule has 0 fully saturated rings. The first-order valence-corrected chi connectivity index (χ1v) is 9.86. The third kappa shape index (κ3) is 3.16. The third-order valence-corrected chi connectivity index (χ3v) is 6.27. The average Bonchev–Trinajstić information content (AvgIpc) is 3.27. The fraction of sp³-hybridized carbons (Fsp3) is 0.333. The van der Waals surface area contributed by atoms with Gasteiger partial charge in [0.1, 0.15) is 5.69 Å². The summed E-state index contributed by atoms with van der Waals surface area (Å²) in [5, 5.41) is 5.77. The second-order valence-electron chi connectivity index (χ2n) is 6.29. The molecule has 3 heterocycles. The lowest BCUT2D eigenvalue weighted by atomic mass is 9.93. The van der Waals surface area contributed by atoms with Crippen LogP contribution in [-0.4, -0.2) is 15.5 Å². The summed E-state index contributed by atoms with van der Waals surface area (Å²) in [7, 11) is 0.